The predicted molar refractivity (Wildman–Crippen MR) is 80.9 cm³/mol. The number of aryl methyl sites for hydroxylation is 1. The monoisotopic (exact) mass is 324 g/mol. The lowest BCUT2D eigenvalue weighted by atomic mass is 10.1. The van der Waals surface area contributed by atoms with Gasteiger partial charge in [0.25, 0.3) is 0 Å². The van der Waals surface area contributed by atoms with Crippen molar-refractivity contribution in [2.24, 2.45) is 0 Å². The number of thiazole rings is 1. The summed E-state index contributed by atoms with van der Waals surface area (Å²) in [7, 11) is 0. The Morgan fingerprint density at radius 2 is 2.06 bits per heavy atom. The van der Waals surface area contributed by atoms with Crippen LogP contribution in [0.3, 0.4) is 0 Å². The summed E-state index contributed by atoms with van der Waals surface area (Å²) in [5.41, 5.74) is 1.30. The summed E-state index contributed by atoms with van der Waals surface area (Å²) in [6.45, 7) is 5.21. The number of hydrogen-bond acceptors (Lipinski definition) is 3. The molecule has 0 aliphatic heterocycles. The number of hydrogen-bond donors (Lipinski definition) is 1. The second kappa shape index (κ2) is 6.45. The lowest BCUT2D eigenvalue weighted by molar-refractivity contribution is 0.578. The average Bonchev–Trinajstić information content (AvgIpc) is 2.85. The van der Waals surface area contributed by atoms with E-state index in [9.17, 15) is 0 Å². The van der Waals surface area contributed by atoms with Crippen molar-refractivity contribution in [1.82, 2.24) is 10.3 Å². The molecule has 1 heterocycles. The Morgan fingerprint density at radius 3 is 2.67 bits per heavy atom. The maximum Gasteiger partial charge on any atom is 0.0925 e. The fraction of sp³-hybridized carbons (Fsp3) is 0.357. The first-order valence-electron chi connectivity index (χ1n) is 6.11. The van der Waals surface area contributed by atoms with Crippen LogP contribution in [0.15, 0.2) is 34.9 Å². The average molecular weight is 325 g/mol. The van der Waals surface area contributed by atoms with Crippen molar-refractivity contribution in [2.75, 3.05) is 0 Å². The van der Waals surface area contributed by atoms with E-state index in [1.54, 1.807) is 11.3 Å². The molecule has 0 radical (unpaired) electrons. The maximum absolute atomic E-state index is 4.37. The first kappa shape index (κ1) is 13.7. The molecule has 0 aliphatic carbocycles. The maximum atomic E-state index is 4.37. The van der Waals surface area contributed by atoms with Crippen LogP contribution in [0.2, 0.25) is 0 Å². The Bertz CT molecular complexity index is 493. The highest BCUT2D eigenvalue weighted by atomic mass is 79.9. The van der Waals surface area contributed by atoms with E-state index >= 15 is 0 Å². The number of benzene rings is 1. The number of rotatable bonds is 5. The third kappa shape index (κ3) is 3.64. The lowest BCUT2D eigenvalue weighted by Crippen LogP contribution is -2.17. The number of nitrogens with one attached hydrogen (secondary N) is 1. The highest BCUT2D eigenvalue weighted by molar-refractivity contribution is 9.10. The second-order valence-corrected chi connectivity index (χ2v) is 6.34. The SMILES string of the molecule is CCc1ncc(CN[C@@H](C)c2ccc(Br)cc2)s1. The van der Waals surface area contributed by atoms with Crippen LogP contribution in [0, 0.1) is 0 Å². The quantitative estimate of drug-likeness (QED) is 0.886. The molecule has 0 amide bonds. The minimum atomic E-state index is 0.352. The van der Waals surface area contributed by atoms with Gasteiger partial charge >= 0.3 is 0 Å². The Morgan fingerprint density at radius 1 is 1.33 bits per heavy atom. The van der Waals surface area contributed by atoms with Crippen molar-refractivity contribution >= 4 is 27.3 Å². The lowest BCUT2D eigenvalue weighted by Gasteiger charge is -2.13. The third-order valence-electron chi connectivity index (χ3n) is 2.86. The van der Waals surface area contributed by atoms with Crippen LogP contribution >= 0.6 is 27.3 Å². The molecular formula is C14H17BrN2S. The third-order valence-corrected chi connectivity index (χ3v) is 4.53. The fourth-order valence-electron chi connectivity index (χ4n) is 1.72. The van der Waals surface area contributed by atoms with Gasteiger partial charge < -0.3 is 5.32 Å². The van der Waals surface area contributed by atoms with Crippen LogP contribution in [-0.4, -0.2) is 4.98 Å². The molecular weight excluding hydrogens is 308 g/mol. The molecule has 1 aromatic heterocycles. The molecule has 2 rings (SSSR count). The summed E-state index contributed by atoms with van der Waals surface area (Å²) in [6, 6.07) is 8.80. The van der Waals surface area contributed by atoms with Crippen LogP contribution in [0.25, 0.3) is 0 Å². The largest absolute Gasteiger partial charge is 0.305 e. The highest BCUT2D eigenvalue weighted by Gasteiger charge is 2.06. The highest BCUT2D eigenvalue weighted by Crippen LogP contribution is 2.18. The summed E-state index contributed by atoms with van der Waals surface area (Å²) in [4.78, 5) is 5.67. The molecule has 4 heteroatoms. The van der Waals surface area contributed by atoms with Crippen molar-refractivity contribution < 1.29 is 0 Å². The van der Waals surface area contributed by atoms with E-state index in [0.717, 1.165) is 17.4 Å². The minimum Gasteiger partial charge on any atom is -0.305 e. The zero-order valence-electron chi connectivity index (χ0n) is 10.6. The van der Waals surface area contributed by atoms with Gasteiger partial charge in [-0.25, -0.2) is 4.98 Å². The summed E-state index contributed by atoms with van der Waals surface area (Å²) in [5, 5.41) is 4.74. The van der Waals surface area contributed by atoms with E-state index in [1.807, 2.05) is 6.20 Å². The van der Waals surface area contributed by atoms with Crippen LogP contribution in [0.4, 0.5) is 0 Å². The first-order chi connectivity index (χ1) is 8.69. The van der Waals surface area contributed by atoms with Gasteiger partial charge in [-0.3, -0.25) is 0 Å². The molecule has 0 saturated heterocycles. The first-order valence-corrected chi connectivity index (χ1v) is 7.72. The van der Waals surface area contributed by atoms with Gasteiger partial charge in [-0.05, 0) is 31.0 Å². The molecule has 1 aromatic carbocycles. The van der Waals surface area contributed by atoms with E-state index in [2.05, 4.69) is 64.3 Å². The molecule has 1 atom stereocenters. The van der Waals surface area contributed by atoms with E-state index in [-0.39, 0.29) is 0 Å². The number of halogens is 1. The van der Waals surface area contributed by atoms with E-state index in [0.29, 0.717) is 6.04 Å². The van der Waals surface area contributed by atoms with Crippen molar-refractivity contribution in [2.45, 2.75) is 32.9 Å². The van der Waals surface area contributed by atoms with Crippen molar-refractivity contribution in [1.29, 1.82) is 0 Å². The zero-order valence-corrected chi connectivity index (χ0v) is 13.0. The van der Waals surface area contributed by atoms with Crippen molar-refractivity contribution in [3.05, 3.63) is 50.4 Å². The Kier molecular flexibility index (Phi) is 4.92. The van der Waals surface area contributed by atoms with Gasteiger partial charge in [-0.2, -0.15) is 0 Å². The summed E-state index contributed by atoms with van der Waals surface area (Å²) < 4.78 is 1.12. The van der Waals surface area contributed by atoms with Gasteiger partial charge in [0, 0.05) is 28.1 Å². The van der Waals surface area contributed by atoms with Gasteiger partial charge in [0.15, 0.2) is 0 Å². The molecule has 0 fully saturated rings. The van der Waals surface area contributed by atoms with Crippen molar-refractivity contribution in [3.8, 4) is 0 Å². The van der Waals surface area contributed by atoms with Crippen LogP contribution < -0.4 is 5.32 Å². The molecule has 18 heavy (non-hydrogen) atoms. The van der Waals surface area contributed by atoms with Gasteiger partial charge in [-0.15, -0.1) is 11.3 Å². The van der Waals surface area contributed by atoms with Crippen LogP contribution in [0.5, 0.6) is 0 Å². The van der Waals surface area contributed by atoms with E-state index in [1.165, 1.54) is 15.4 Å². The normalized spacial score (nSPS) is 12.6. The molecule has 0 aliphatic rings. The summed E-state index contributed by atoms with van der Waals surface area (Å²) >= 11 is 5.25. The van der Waals surface area contributed by atoms with Gasteiger partial charge in [-0.1, -0.05) is 35.0 Å². The molecule has 0 unspecified atom stereocenters. The molecule has 0 saturated carbocycles. The Hall–Kier alpha value is -0.710. The van der Waals surface area contributed by atoms with E-state index in [4.69, 9.17) is 0 Å². The minimum absolute atomic E-state index is 0.352. The number of aromatic nitrogens is 1. The Labute approximate surface area is 121 Å². The molecule has 96 valence electrons. The molecule has 2 aromatic rings. The summed E-state index contributed by atoms with van der Waals surface area (Å²) in [5.74, 6) is 0. The summed E-state index contributed by atoms with van der Waals surface area (Å²) in [6.07, 6.45) is 3.00. The molecule has 1 N–H and O–H groups in total. The van der Waals surface area contributed by atoms with Gasteiger partial charge in [0.1, 0.15) is 0 Å². The smallest absolute Gasteiger partial charge is 0.0925 e. The fourth-order valence-corrected chi connectivity index (χ4v) is 2.79. The van der Waals surface area contributed by atoms with E-state index < -0.39 is 0 Å². The second-order valence-electron chi connectivity index (χ2n) is 4.23. The number of nitrogens with zero attached hydrogens (tertiary/aromatic N) is 1. The molecule has 0 bridgehead atoms. The zero-order chi connectivity index (χ0) is 13.0. The predicted octanol–water partition coefficient (Wildman–Crippen LogP) is 4.32. The van der Waals surface area contributed by atoms with Crippen LogP contribution in [0.1, 0.15) is 35.3 Å². The topological polar surface area (TPSA) is 24.9 Å². The Balaban J connectivity index is 1.91. The van der Waals surface area contributed by atoms with Gasteiger partial charge in [0.2, 0.25) is 0 Å². The van der Waals surface area contributed by atoms with Crippen LogP contribution in [-0.2, 0) is 13.0 Å². The standard InChI is InChI=1S/C14H17BrN2S/c1-3-14-17-9-13(18-14)8-16-10(2)11-4-6-12(15)7-5-11/h4-7,9-10,16H,3,8H2,1-2H3/t10-/m0/s1. The molecule has 2 nitrogen and oxygen atoms in total. The van der Waals surface area contributed by atoms with Crippen molar-refractivity contribution in [3.63, 3.8) is 0 Å². The van der Waals surface area contributed by atoms with Gasteiger partial charge in [0.05, 0.1) is 5.01 Å². The molecule has 0 spiro atoms.